The molecule has 1 aromatic heterocycles. The molecule has 0 saturated heterocycles. The number of fused-ring (bicyclic) bond motifs is 4. The molecule has 28 heavy (non-hydrogen) atoms. The van der Waals surface area contributed by atoms with Gasteiger partial charge >= 0.3 is 6.36 Å². The predicted octanol–water partition coefficient (Wildman–Crippen LogP) is 2.00. The molecule has 2 aliphatic rings. The van der Waals surface area contributed by atoms with Crippen LogP contribution in [0.1, 0.15) is 16.8 Å². The average Bonchev–Trinajstić information content (AvgIpc) is 3.06. The Morgan fingerprint density at radius 1 is 1.39 bits per heavy atom. The Hall–Kier alpha value is -3.68. The summed E-state index contributed by atoms with van der Waals surface area (Å²) in [6, 6.07) is 5.50. The molecule has 11 heteroatoms. The molecule has 1 atom stereocenters. The Balaban J connectivity index is 2.08. The van der Waals surface area contributed by atoms with Gasteiger partial charge in [0, 0.05) is 29.6 Å². The molecule has 4 rings (SSSR count). The van der Waals surface area contributed by atoms with Crippen molar-refractivity contribution >= 4 is 17.4 Å². The van der Waals surface area contributed by atoms with Crippen molar-refractivity contribution < 1.29 is 22.7 Å². The minimum absolute atomic E-state index is 0.0988. The quantitative estimate of drug-likeness (QED) is 0.685. The number of H-pyrrole nitrogens is 1. The number of carbonyl (C=O) groups is 1. The fraction of sp³-hybridized carbons (Fsp3) is 0.235. The Labute approximate surface area is 156 Å². The third-order valence-corrected chi connectivity index (χ3v) is 4.92. The highest BCUT2D eigenvalue weighted by molar-refractivity contribution is 6.14. The number of nitrogens with two attached hydrogens (primary N) is 1. The second-order valence-corrected chi connectivity index (χ2v) is 6.44. The molecule has 2 aliphatic heterocycles. The number of halogens is 3. The first-order valence-electron chi connectivity index (χ1n) is 8.02. The van der Waals surface area contributed by atoms with Crippen LogP contribution in [-0.2, 0) is 10.2 Å². The number of nitriles is 1. The summed E-state index contributed by atoms with van der Waals surface area (Å²) >= 11 is 0. The summed E-state index contributed by atoms with van der Waals surface area (Å²) in [7, 11) is 1.47. The van der Waals surface area contributed by atoms with Gasteiger partial charge in [-0.3, -0.25) is 9.89 Å². The molecule has 0 bridgehead atoms. The van der Waals surface area contributed by atoms with Crippen LogP contribution in [0.25, 0.3) is 0 Å². The first kappa shape index (κ1) is 17.7. The second-order valence-electron chi connectivity index (χ2n) is 6.44. The van der Waals surface area contributed by atoms with Gasteiger partial charge in [0.1, 0.15) is 23.1 Å². The minimum Gasteiger partial charge on any atom is -0.406 e. The lowest BCUT2D eigenvalue weighted by atomic mass is 9.68. The van der Waals surface area contributed by atoms with E-state index in [0.29, 0.717) is 16.9 Å². The first-order chi connectivity index (χ1) is 13.1. The van der Waals surface area contributed by atoms with Gasteiger partial charge in [-0.15, -0.1) is 13.2 Å². The standard InChI is InChI=1S/C17H13F3N6O2/c1-7-12-14(25-24-7)23-13(22)10(6-21)16(12)9-5-8(28-17(18,19)20)3-4-11(9)26(2)15(16)27/h3-5H,22H2,1-2H3,(H2,23,24,25). The van der Waals surface area contributed by atoms with E-state index < -0.39 is 23.4 Å². The van der Waals surface area contributed by atoms with E-state index in [9.17, 15) is 23.2 Å². The van der Waals surface area contributed by atoms with Crippen molar-refractivity contribution in [2.75, 3.05) is 17.3 Å². The van der Waals surface area contributed by atoms with Gasteiger partial charge in [-0.2, -0.15) is 10.4 Å². The highest BCUT2D eigenvalue weighted by Crippen LogP contribution is 2.55. The van der Waals surface area contributed by atoms with Crippen LogP contribution in [-0.4, -0.2) is 29.5 Å². The fourth-order valence-electron chi connectivity index (χ4n) is 3.90. The number of hydrogen-bond acceptors (Lipinski definition) is 6. The number of hydrogen-bond donors (Lipinski definition) is 3. The lowest BCUT2D eigenvalue weighted by molar-refractivity contribution is -0.274. The van der Waals surface area contributed by atoms with Crippen LogP contribution in [0.3, 0.4) is 0 Å². The molecule has 8 nitrogen and oxygen atoms in total. The molecule has 144 valence electrons. The van der Waals surface area contributed by atoms with Crippen molar-refractivity contribution in [3.63, 3.8) is 0 Å². The number of anilines is 2. The average molecular weight is 390 g/mol. The predicted molar refractivity (Wildman–Crippen MR) is 91.1 cm³/mol. The first-order valence-corrected chi connectivity index (χ1v) is 8.02. The number of likely N-dealkylation sites (N-methyl/N-ethyl adjacent to an activating group) is 1. The molecule has 3 heterocycles. The molecule has 0 aliphatic carbocycles. The molecule has 2 aromatic rings. The minimum atomic E-state index is -4.91. The van der Waals surface area contributed by atoms with Crippen LogP contribution < -0.4 is 20.7 Å². The van der Waals surface area contributed by atoms with E-state index in [2.05, 4.69) is 20.3 Å². The smallest absolute Gasteiger partial charge is 0.406 e. The normalized spacial score (nSPS) is 20.7. The number of aromatic amines is 1. The number of amides is 1. The number of ether oxygens (including phenoxy) is 1. The number of alkyl halides is 3. The zero-order valence-corrected chi connectivity index (χ0v) is 14.6. The summed E-state index contributed by atoms with van der Waals surface area (Å²) in [6.07, 6.45) is -4.91. The van der Waals surface area contributed by atoms with Gasteiger partial charge in [-0.05, 0) is 25.1 Å². The molecule has 1 amide bonds. The van der Waals surface area contributed by atoms with Crippen molar-refractivity contribution in [3.8, 4) is 11.8 Å². The molecule has 4 N–H and O–H groups in total. The fourth-order valence-corrected chi connectivity index (χ4v) is 3.90. The summed E-state index contributed by atoms with van der Waals surface area (Å²) < 4.78 is 42.2. The number of aryl methyl sites for hydroxylation is 1. The molecular weight excluding hydrogens is 377 g/mol. The number of carbonyl (C=O) groups excluding carboxylic acids is 1. The van der Waals surface area contributed by atoms with Gasteiger partial charge in [0.05, 0.1) is 5.57 Å². The van der Waals surface area contributed by atoms with Gasteiger partial charge in [0.15, 0.2) is 5.82 Å². The summed E-state index contributed by atoms with van der Waals surface area (Å²) in [4.78, 5) is 14.7. The summed E-state index contributed by atoms with van der Waals surface area (Å²) in [5.41, 5.74) is 5.44. The zero-order valence-electron chi connectivity index (χ0n) is 14.6. The van der Waals surface area contributed by atoms with Crippen molar-refractivity contribution in [1.29, 1.82) is 5.26 Å². The third-order valence-electron chi connectivity index (χ3n) is 4.92. The zero-order chi connectivity index (χ0) is 20.4. The number of benzene rings is 1. The number of aromatic nitrogens is 2. The lowest BCUT2D eigenvalue weighted by Crippen LogP contribution is -2.45. The highest BCUT2D eigenvalue weighted by Gasteiger charge is 2.59. The maximum atomic E-state index is 13.4. The van der Waals surface area contributed by atoms with Gasteiger partial charge < -0.3 is 20.7 Å². The van der Waals surface area contributed by atoms with E-state index in [1.807, 2.05) is 6.07 Å². The van der Waals surface area contributed by atoms with Crippen molar-refractivity contribution in [3.05, 3.63) is 46.4 Å². The van der Waals surface area contributed by atoms with Crippen LogP contribution in [0.2, 0.25) is 0 Å². The van der Waals surface area contributed by atoms with Crippen LogP contribution in [0, 0.1) is 18.3 Å². The summed E-state index contributed by atoms with van der Waals surface area (Å²) in [5.74, 6) is -0.909. The largest absolute Gasteiger partial charge is 0.573 e. The topological polar surface area (TPSA) is 120 Å². The number of nitrogens with zero attached hydrogens (tertiary/aromatic N) is 3. The van der Waals surface area contributed by atoms with Gasteiger partial charge in [-0.25, -0.2) is 0 Å². The maximum absolute atomic E-state index is 13.4. The summed E-state index contributed by atoms with van der Waals surface area (Å²) in [6.45, 7) is 1.65. The van der Waals surface area contributed by atoms with Gasteiger partial charge in [0.2, 0.25) is 5.91 Å². The molecule has 1 aromatic carbocycles. The van der Waals surface area contributed by atoms with E-state index in [1.54, 1.807) is 6.92 Å². The van der Waals surface area contributed by atoms with Crippen molar-refractivity contribution in [1.82, 2.24) is 10.2 Å². The molecule has 0 radical (unpaired) electrons. The summed E-state index contributed by atoms with van der Waals surface area (Å²) in [5, 5.41) is 19.3. The Morgan fingerprint density at radius 2 is 2.11 bits per heavy atom. The van der Waals surface area contributed by atoms with Gasteiger partial charge in [-0.1, -0.05) is 0 Å². The molecule has 0 fully saturated rings. The van der Waals surface area contributed by atoms with E-state index >= 15 is 0 Å². The van der Waals surface area contributed by atoms with Crippen LogP contribution >= 0.6 is 0 Å². The molecule has 0 saturated carbocycles. The van der Waals surface area contributed by atoms with Crippen LogP contribution in [0.5, 0.6) is 5.75 Å². The van der Waals surface area contributed by atoms with E-state index in [1.165, 1.54) is 18.0 Å². The molecular formula is C17H13F3N6O2. The number of nitrogens with one attached hydrogen (secondary N) is 2. The molecule has 1 spiro atoms. The van der Waals surface area contributed by atoms with Crippen LogP contribution in [0.15, 0.2) is 29.6 Å². The van der Waals surface area contributed by atoms with Crippen LogP contribution in [0.4, 0.5) is 24.7 Å². The number of rotatable bonds is 1. The Kier molecular flexibility index (Phi) is 3.43. The van der Waals surface area contributed by atoms with E-state index in [0.717, 1.165) is 12.1 Å². The monoisotopic (exact) mass is 390 g/mol. The van der Waals surface area contributed by atoms with Gasteiger partial charge in [0.25, 0.3) is 0 Å². The lowest BCUT2D eigenvalue weighted by Gasteiger charge is -2.33. The van der Waals surface area contributed by atoms with E-state index in [-0.39, 0.29) is 22.8 Å². The third kappa shape index (κ3) is 2.11. The maximum Gasteiger partial charge on any atom is 0.573 e. The van der Waals surface area contributed by atoms with Crippen molar-refractivity contribution in [2.24, 2.45) is 5.73 Å². The highest BCUT2D eigenvalue weighted by atomic mass is 19.4. The Bertz CT molecular complexity index is 1100. The molecule has 1 unspecified atom stereocenters. The van der Waals surface area contributed by atoms with Crippen molar-refractivity contribution in [2.45, 2.75) is 18.7 Å². The Morgan fingerprint density at radius 3 is 2.75 bits per heavy atom. The van der Waals surface area contributed by atoms with E-state index in [4.69, 9.17) is 5.73 Å². The second kappa shape index (κ2) is 5.41. The SMILES string of the molecule is Cc1[nH]nc2c1C1(C(=O)N(C)c3ccc(OC(F)(F)F)cc31)C(C#N)=C(N)N2.